The van der Waals surface area contributed by atoms with Crippen LogP contribution in [-0.2, 0) is 6.54 Å². The number of carbonyl (C=O) groups is 1. The van der Waals surface area contributed by atoms with Crippen molar-refractivity contribution in [1.82, 2.24) is 4.90 Å². The highest BCUT2D eigenvalue weighted by molar-refractivity contribution is 5.89. The van der Waals surface area contributed by atoms with Gasteiger partial charge < -0.3 is 5.11 Å². The maximum absolute atomic E-state index is 11.1. The molecule has 1 aromatic carbocycles. The fourth-order valence-electron chi connectivity index (χ4n) is 1.84. The smallest absolute Gasteiger partial charge is 0.336 e. The fraction of sp³-hybridized carbons (Fsp3) is 0.429. The van der Waals surface area contributed by atoms with Gasteiger partial charge in [-0.3, -0.25) is 4.90 Å². The van der Waals surface area contributed by atoms with Crippen molar-refractivity contribution in [3.8, 4) is 6.07 Å². The van der Waals surface area contributed by atoms with Crippen LogP contribution in [0.4, 0.5) is 0 Å². The van der Waals surface area contributed by atoms with Gasteiger partial charge in [-0.2, -0.15) is 5.26 Å². The maximum Gasteiger partial charge on any atom is 0.336 e. The average molecular weight is 246 g/mol. The number of nitriles is 1. The van der Waals surface area contributed by atoms with Crippen LogP contribution in [0.15, 0.2) is 24.3 Å². The summed E-state index contributed by atoms with van der Waals surface area (Å²) in [4.78, 5) is 13.2. The Bertz CT molecular complexity index is 451. The van der Waals surface area contributed by atoms with E-state index >= 15 is 0 Å². The lowest BCUT2D eigenvalue weighted by Gasteiger charge is -2.22. The van der Waals surface area contributed by atoms with Gasteiger partial charge >= 0.3 is 5.97 Å². The van der Waals surface area contributed by atoms with Gasteiger partial charge in [0.25, 0.3) is 0 Å². The molecule has 0 aliphatic rings. The topological polar surface area (TPSA) is 64.3 Å². The van der Waals surface area contributed by atoms with Crippen LogP contribution in [0.25, 0.3) is 0 Å². The third-order valence-corrected chi connectivity index (χ3v) is 2.84. The first-order valence-electron chi connectivity index (χ1n) is 6.01. The number of carboxylic acid groups (broad SMARTS) is 1. The molecule has 0 saturated heterocycles. The largest absolute Gasteiger partial charge is 0.478 e. The SMILES string of the molecule is CCN(Cc1ccccc1C(=O)O)CC(C)C#N. The number of rotatable bonds is 6. The number of nitrogens with zero attached hydrogens (tertiary/aromatic N) is 2. The van der Waals surface area contributed by atoms with E-state index in [9.17, 15) is 4.79 Å². The Balaban J connectivity index is 2.82. The van der Waals surface area contributed by atoms with Crippen LogP contribution in [0.3, 0.4) is 0 Å². The van der Waals surface area contributed by atoms with Crippen molar-refractivity contribution in [3.63, 3.8) is 0 Å². The van der Waals surface area contributed by atoms with Crippen molar-refractivity contribution in [2.45, 2.75) is 20.4 Å². The van der Waals surface area contributed by atoms with E-state index in [1.165, 1.54) is 0 Å². The zero-order valence-corrected chi connectivity index (χ0v) is 10.8. The Hall–Kier alpha value is -1.86. The Morgan fingerprint density at radius 2 is 2.17 bits per heavy atom. The summed E-state index contributed by atoms with van der Waals surface area (Å²) in [7, 11) is 0. The maximum atomic E-state index is 11.1. The highest BCUT2D eigenvalue weighted by atomic mass is 16.4. The number of hydrogen-bond acceptors (Lipinski definition) is 3. The monoisotopic (exact) mass is 246 g/mol. The molecule has 96 valence electrons. The van der Waals surface area contributed by atoms with Gasteiger partial charge in [-0.25, -0.2) is 4.79 Å². The zero-order chi connectivity index (χ0) is 13.5. The summed E-state index contributed by atoms with van der Waals surface area (Å²) < 4.78 is 0. The van der Waals surface area contributed by atoms with Crippen molar-refractivity contribution < 1.29 is 9.90 Å². The molecule has 0 spiro atoms. The van der Waals surface area contributed by atoms with E-state index in [4.69, 9.17) is 10.4 Å². The molecule has 1 aromatic rings. The quantitative estimate of drug-likeness (QED) is 0.837. The molecule has 1 N–H and O–H groups in total. The fourth-order valence-corrected chi connectivity index (χ4v) is 1.84. The van der Waals surface area contributed by atoms with Gasteiger partial charge in [0.15, 0.2) is 0 Å². The van der Waals surface area contributed by atoms with Crippen LogP contribution in [0.1, 0.15) is 29.8 Å². The van der Waals surface area contributed by atoms with Gasteiger partial charge in [0, 0.05) is 13.1 Å². The van der Waals surface area contributed by atoms with E-state index in [-0.39, 0.29) is 5.92 Å². The number of aromatic carboxylic acids is 1. The second kappa shape index (κ2) is 6.77. The molecule has 4 nitrogen and oxygen atoms in total. The van der Waals surface area contributed by atoms with E-state index in [1.807, 2.05) is 26.0 Å². The van der Waals surface area contributed by atoms with Gasteiger partial charge in [-0.15, -0.1) is 0 Å². The minimum Gasteiger partial charge on any atom is -0.478 e. The molecule has 0 saturated carbocycles. The summed E-state index contributed by atoms with van der Waals surface area (Å²) in [5, 5.41) is 17.9. The highest BCUT2D eigenvalue weighted by Crippen LogP contribution is 2.12. The van der Waals surface area contributed by atoms with E-state index in [0.29, 0.717) is 18.7 Å². The van der Waals surface area contributed by atoms with E-state index in [1.54, 1.807) is 12.1 Å². The molecule has 1 unspecified atom stereocenters. The summed E-state index contributed by atoms with van der Waals surface area (Å²) in [6.45, 7) is 5.88. The Labute approximate surface area is 107 Å². The van der Waals surface area contributed by atoms with Crippen molar-refractivity contribution in [2.75, 3.05) is 13.1 Å². The molecule has 0 aliphatic heterocycles. The minimum absolute atomic E-state index is 0.0538. The first-order valence-corrected chi connectivity index (χ1v) is 6.01. The molecule has 0 heterocycles. The van der Waals surface area contributed by atoms with Crippen LogP contribution in [0.5, 0.6) is 0 Å². The van der Waals surface area contributed by atoms with Gasteiger partial charge in [-0.1, -0.05) is 25.1 Å². The Kier molecular flexibility index (Phi) is 5.34. The van der Waals surface area contributed by atoms with E-state index in [2.05, 4.69) is 11.0 Å². The number of carboxylic acids is 1. The molecule has 1 atom stereocenters. The Morgan fingerprint density at radius 3 is 2.72 bits per heavy atom. The summed E-state index contributed by atoms with van der Waals surface area (Å²) in [5.74, 6) is -0.961. The van der Waals surface area contributed by atoms with E-state index in [0.717, 1.165) is 12.1 Å². The van der Waals surface area contributed by atoms with Crippen LogP contribution in [0, 0.1) is 17.2 Å². The zero-order valence-electron chi connectivity index (χ0n) is 10.8. The normalized spacial score (nSPS) is 12.1. The van der Waals surface area contributed by atoms with Gasteiger partial charge in [-0.05, 0) is 25.1 Å². The number of hydrogen-bond donors (Lipinski definition) is 1. The molecule has 0 aromatic heterocycles. The van der Waals surface area contributed by atoms with Crippen molar-refractivity contribution in [2.24, 2.45) is 5.92 Å². The van der Waals surface area contributed by atoms with Gasteiger partial charge in [0.1, 0.15) is 0 Å². The summed E-state index contributed by atoms with van der Waals surface area (Å²) in [6.07, 6.45) is 0. The van der Waals surface area contributed by atoms with Crippen LogP contribution in [-0.4, -0.2) is 29.1 Å². The summed E-state index contributed by atoms with van der Waals surface area (Å²) in [6, 6.07) is 9.19. The first kappa shape index (κ1) is 14.2. The average Bonchev–Trinajstić information content (AvgIpc) is 2.38. The lowest BCUT2D eigenvalue weighted by atomic mass is 10.1. The predicted molar refractivity (Wildman–Crippen MR) is 69.1 cm³/mol. The Morgan fingerprint density at radius 1 is 1.50 bits per heavy atom. The predicted octanol–water partition coefficient (Wildman–Crippen LogP) is 2.37. The van der Waals surface area contributed by atoms with Crippen molar-refractivity contribution in [1.29, 1.82) is 5.26 Å². The molecule has 18 heavy (non-hydrogen) atoms. The third-order valence-electron chi connectivity index (χ3n) is 2.84. The van der Waals surface area contributed by atoms with Gasteiger partial charge in [0.2, 0.25) is 0 Å². The first-order chi connectivity index (χ1) is 8.58. The highest BCUT2D eigenvalue weighted by Gasteiger charge is 2.13. The lowest BCUT2D eigenvalue weighted by Crippen LogP contribution is -2.28. The molecule has 0 radical (unpaired) electrons. The molecule has 0 fully saturated rings. The second-order valence-electron chi connectivity index (χ2n) is 4.32. The third kappa shape index (κ3) is 3.86. The minimum atomic E-state index is -0.907. The lowest BCUT2D eigenvalue weighted by molar-refractivity contribution is 0.0694. The molecule has 0 amide bonds. The summed E-state index contributed by atoms with van der Waals surface area (Å²) >= 11 is 0. The van der Waals surface area contributed by atoms with Crippen LogP contribution < -0.4 is 0 Å². The molecular weight excluding hydrogens is 228 g/mol. The number of benzene rings is 1. The van der Waals surface area contributed by atoms with Crippen molar-refractivity contribution >= 4 is 5.97 Å². The van der Waals surface area contributed by atoms with Crippen molar-refractivity contribution in [3.05, 3.63) is 35.4 Å². The van der Waals surface area contributed by atoms with Gasteiger partial charge in [0.05, 0.1) is 17.6 Å². The molecular formula is C14H18N2O2. The molecule has 0 aliphatic carbocycles. The molecule has 0 bridgehead atoms. The summed E-state index contributed by atoms with van der Waals surface area (Å²) in [5.41, 5.74) is 1.12. The van der Waals surface area contributed by atoms with Crippen LogP contribution >= 0.6 is 0 Å². The van der Waals surface area contributed by atoms with Crippen LogP contribution in [0.2, 0.25) is 0 Å². The second-order valence-corrected chi connectivity index (χ2v) is 4.32. The van der Waals surface area contributed by atoms with E-state index < -0.39 is 5.97 Å². The molecule has 1 rings (SSSR count). The molecule has 4 heteroatoms. The standard InChI is InChI=1S/C14H18N2O2/c1-3-16(9-11(2)8-15)10-12-6-4-5-7-13(12)14(17)18/h4-7,11H,3,9-10H2,1-2H3,(H,17,18).